The molecule has 0 spiro atoms. The van der Waals surface area contributed by atoms with Crippen molar-refractivity contribution in [2.75, 3.05) is 20.3 Å². The fourth-order valence-corrected chi connectivity index (χ4v) is 0.779. The average Bonchev–Trinajstić information content (AvgIpc) is 2.20. The molecule has 1 atom stereocenters. The summed E-state index contributed by atoms with van der Waals surface area (Å²) in [4.78, 5) is 0. The van der Waals surface area contributed by atoms with Gasteiger partial charge in [0, 0.05) is 7.11 Å². The van der Waals surface area contributed by atoms with Crippen LogP contribution in [0.3, 0.4) is 0 Å². The number of methoxy groups -OCH3 is 1. The Morgan fingerprint density at radius 1 is 1.29 bits per heavy atom. The van der Waals surface area contributed by atoms with Gasteiger partial charge in [0.25, 0.3) is 0 Å². The summed E-state index contributed by atoms with van der Waals surface area (Å²) in [6.07, 6.45) is -0.718. The number of benzene rings is 1. The molecule has 3 nitrogen and oxygen atoms in total. The van der Waals surface area contributed by atoms with Gasteiger partial charge in [0.15, 0.2) is 0 Å². The molecule has 0 aromatic heterocycles. The molecule has 0 saturated heterocycles. The Morgan fingerprint density at radius 3 is 2.07 bits per heavy atom. The van der Waals surface area contributed by atoms with Gasteiger partial charge in [0.2, 0.25) is 0 Å². The summed E-state index contributed by atoms with van der Waals surface area (Å²) in [5, 5.41) is 16.6. The third-order valence-electron chi connectivity index (χ3n) is 1.51. The molecule has 0 radical (unpaired) electrons. The Morgan fingerprint density at radius 2 is 1.86 bits per heavy atom. The van der Waals surface area contributed by atoms with Gasteiger partial charge in [-0.1, -0.05) is 35.9 Å². The topological polar surface area (TPSA) is 49.7 Å². The van der Waals surface area contributed by atoms with Crippen molar-refractivity contribution in [2.45, 2.75) is 13.0 Å². The molecule has 0 fully saturated rings. The molecule has 3 heteroatoms. The molecule has 0 amide bonds. The van der Waals surface area contributed by atoms with Crippen LogP contribution in [0.2, 0.25) is 0 Å². The minimum atomic E-state index is -0.718. The summed E-state index contributed by atoms with van der Waals surface area (Å²) in [7, 11) is 1.47. The maximum atomic E-state index is 8.48. The molecule has 1 aromatic carbocycles. The van der Waals surface area contributed by atoms with E-state index in [1.165, 1.54) is 12.7 Å². The second-order valence-electron chi connectivity index (χ2n) is 2.95. The zero-order chi connectivity index (χ0) is 10.8. The third kappa shape index (κ3) is 7.73. The van der Waals surface area contributed by atoms with Crippen LogP contribution >= 0.6 is 0 Å². The van der Waals surface area contributed by atoms with Gasteiger partial charge in [-0.05, 0) is 6.92 Å². The summed E-state index contributed by atoms with van der Waals surface area (Å²) in [5.74, 6) is 0. The molecule has 0 aliphatic heterocycles. The smallest absolute Gasteiger partial charge is 0.100 e. The molecule has 0 saturated carbocycles. The minimum Gasteiger partial charge on any atom is -0.394 e. The number of aryl methyl sites for hydroxylation is 1. The predicted octanol–water partition coefficient (Wildman–Crippen LogP) is 0.981. The van der Waals surface area contributed by atoms with Gasteiger partial charge in [-0.15, -0.1) is 0 Å². The van der Waals surface area contributed by atoms with E-state index in [1.807, 2.05) is 18.2 Å². The fraction of sp³-hybridized carbons (Fsp3) is 0.455. The summed E-state index contributed by atoms with van der Waals surface area (Å²) in [5.41, 5.74) is 1.32. The Kier molecular flexibility index (Phi) is 8.13. The first-order chi connectivity index (χ1) is 6.70. The van der Waals surface area contributed by atoms with Crippen LogP contribution in [0.4, 0.5) is 0 Å². The van der Waals surface area contributed by atoms with Gasteiger partial charge >= 0.3 is 0 Å². The molecular weight excluding hydrogens is 180 g/mol. The Balaban J connectivity index is 0.000000241. The molecule has 1 aromatic rings. The number of rotatable bonds is 3. The molecule has 1 rings (SSSR count). The molecule has 0 heterocycles. The van der Waals surface area contributed by atoms with Crippen molar-refractivity contribution in [3.8, 4) is 0 Å². The number of ether oxygens (including phenoxy) is 1. The van der Waals surface area contributed by atoms with Crippen molar-refractivity contribution in [1.29, 1.82) is 0 Å². The highest BCUT2D eigenvalue weighted by Gasteiger charge is 1.96. The molecule has 0 bridgehead atoms. The Hall–Kier alpha value is -0.900. The molecule has 1 unspecified atom stereocenters. The van der Waals surface area contributed by atoms with Crippen LogP contribution in [0.5, 0.6) is 0 Å². The van der Waals surface area contributed by atoms with Gasteiger partial charge < -0.3 is 14.9 Å². The molecular formula is C11H18O3. The molecule has 2 N–H and O–H groups in total. The Bertz CT molecular complexity index is 211. The highest BCUT2D eigenvalue weighted by atomic mass is 16.5. The van der Waals surface area contributed by atoms with Crippen LogP contribution in [-0.2, 0) is 4.74 Å². The van der Waals surface area contributed by atoms with E-state index in [1.54, 1.807) is 0 Å². The maximum absolute atomic E-state index is 8.48. The maximum Gasteiger partial charge on any atom is 0.100 e. The lowest BCUT2D eigenvalue weighted by atomic mass is 10.2. The van der Waals surface area contributed by atoms with Gasteiger partial charge in [-0.25, -0.2) is 0 Å². The standard InChI is InChI=1S/C7H8.C4H10O3/c1-7-5-3-2-4-6-7;1-7-3-4(6)2-5/h2-6H,1H3;4-6H,2-3H2,1H3. The SMILES string of the molecule is COCC(O)CO.Cc1ccccc1. The summed E-state index contributed by atoms with van der Waals surface area (Å²) in [6, 6.07) is 10.3. The molecule has 80 valence electrons. The number of aliphatic hydroxyl groups is 2. The Labute approximate surface area is 85.0 Å². The van der Waals surface area contributed by atoms with E-state index < -0.39 is 6.10 Å². The lowest BCUT2D eigenvalue weighted by Crippen LogP contribution is -2.17. The monoisotopic (exact) mass is 198 g/mol. The highest BCUT2D eigenvalue weighted by molar-refractivity contribution is 5.11. The van der Waals surface area contributed by atoms with Gasteiger partial charge in [0.1, 0.15) is 6.10 Å². The summed E-state index contributed by atoms with van der Waals surface area (Å²) >= 11 is 0. The highest BCUT2D eigenvalue weighted by Crippen LogP contribution is 1.92. The van der Waals surface area contributed by atoms with E-state index in [0.29, 0.717) is 0 Å². The minimum absolute atomic E-state index is 0.205. The van der Waals surface area contributed by atoms with Crippen molar-refractivity contribution >= 4 is 0 Å². The van der Waals surface area contributed by atoms with Crippen LogP contribution in [0, 0.1) is 6.92 Å². The van der Waals surface area contributed by atoms with E-state index in [0.717, 1.165) is 0 Å². The van der Waals surface area contributed by atoms with Gasteiger partial charge in [0.05, 0.1) is 13.2 Å². The molecule has 0 aliphatic rings. The van der Waals surface area contributed by atoms with E-state index in [-0.39, 0.29) is 13.2 Å². The van der Waals surface area contributed by atoms with Gasteiger partial charge in [-0.2, -0.15) is 0 Å². The lowest BCUT2D eigenvalue weighted by Gasteiger charge is -2.01. The normalized spacial score (nSPS) is 11.4. The second-order valence-corrected chi connectivity index (χ2v) is 2.95. The van der Waals surface area contributed by atoms with Crippen LogP contribution in [0.25, 0.3) is 0 Å². The fourth-order valence-electron chi connectivity index (χ4n) is 0.779. The van der Waals surface area contributed by atoms with Crippen molar-refractivity contribution in [2.24, 2.45) is 0 Å². The van der Waals surface area contributed by atoms with E-state index in [2.05, 4.69) is 23.8 Å². The largest absolute Gasteiger partial charge is 0.394 e. The number of aliphatic hydroxyl groups excluding tert-OH is 2. The van der Waals surface area contributed by atoms with Crippen LogP contribution < -0.4 is 0 Å². The first-order valence-corrected chi connectivity index (χ1v) is 4.50. The molecule has 0 aliphatic carbocycles. The third-order valence-corrected chi connectivity index (χ3v) is 1.51. The van der Waals surface area contributed by atoms with Crippen molar-refractivity contribution in [1.82, 2.24) is 0 Å². The predicted molar refractivity (Wildman–Crippen MR) is 56.1 cm³/mol. The van der Waals surface area contributed by atoms with Crippen LogP contribution in [0.1, 0.15) is 5.56 Å². The molecule has 14 heavy (non-hydrogen) atoms. The zero-order valence-electron chi connectivity index (χ0n) is 8.68. The first kappa shape index (κ1) is 13.1. The van der Waals surface area contributed by atoms with E-state index in [4.69, 9.17) is 10.2 Å². The van der Waals surface area contributed by atoms with Gasteiger partial charge in [-0.3, -0.25) is 0 Å². The van der Waals surface area contributed by atoms with Crippen molar-refractivity contribution in [3.63, 3.8) is 0 Å². The van der Waals surface area contributed by atoms with Crippen LogP contribution in [0.15, 0.2) is 30.3 Å². The van der Waals surface area contributed by atoms with Crippen molar-refractivity contribution < 1.29 is 14.9 Å². The number of hydrogen-bond acceptors (Lipinski definition) is 3. The zero-order valence-corrected chi connectivity index (χ0v) is 8.68. The summed E-state index contributed by atoms with van der Waals surface area (Å²) in [6.45, 7) is 2.06. The summed E-state index contributed by atoms with van der Waals surface area (Å²) < 4.78 is 4.48. The number of hydrogen-bond donors (Lipinski definition) is 2. The second kappa shape index (κ2) is 8.69. The lowest BCUT2D eigenvalue weighted by molar-refractivity contribution is 0.0254. The quantitative estimate of drug-likeness (QED) is 0.761. The average molecular weight is 198 g/mol. The van der Waals surface area contributed by atoms with E-state index >= 15 is 0 Å². The van der Waals surface area contributed by atoms with E-state index in [9.17, 15) is 0 Å². The first-order valence-electron chi connectivity index (χ1n) is 4.50. The van der Waals surface area contributed by atoms with Crippen molar-refractivity contribution in [3.05, 3.63) is 35.9 Å². The van der Waals surface area contributed by atoms with Crippen LogP contribution in [-0.4, -0.2) is 36.6 Å².